The molecule has 2 aliphatic rings. The third kappa shape index (κ3) is 2.22. The molecule has 13 heavy (non-hydrogen) atoms. The highest BCUT2D eigenvalue weighted by molar-refractivity contribution is 14.1. The molecule has 1 heterocycles. The van der Waals surface area contributed by atoms with E-state index in [1.54, 1.807) is 7.16 Å². The zero-order chi connectivity index (χ0) is 9.31. The molecule has 0 nitrogen and oxygen atoms in total. The molecule has 0 atom stereocenters. The van der Waals surface area contributed by atoms with Gasteiger partial charge >= 0.3 is 0 Å². The van der Waals surface area contributed by atoms with Gasteiger partial charge in [0.2, 0.25) is 0 Å². The van der Waals surface area contributed by atoms with Crippen LogP contribution in [0.4, 0.5) is 0 Å². The predicted molar refractivity (Wildman–Crippen MR) is 78.0 cm³/mol. The minimum atomic E-state index is 0.563. The molecule has 1 saturated carbocycles. The minimum absolute atomic E-state index is 0.563. The number of rotatable bonds is 0. The smallest absolute Gasteiger partial charge is 0.0476 e. The van der Waals surface area contributed by atoms with Gasteiger partial charge in [-0.15, -0.1) is 11.8 Å². The Bertz CT molecular complexity index is 227. The van der Waals surface area contributed by atoms with Crippen LogP contribution in [-0.2, 0) is 0 Å². The van der Waals surface area contributed by atoms with Crippen LogP contribution >= 0.6 is 56.9 Å². The molecule has 0 radical (unpaired) electrons. The van der Waals surface area contributed by atoms with E-state index >= 15 is 0 Å². The van der Waals surface area contributed by atoms with E-state index in [0.29, 0.717) is 4.75 Å². The van der Waals surface area contributed by atoms with E-state index in [0.717, 1.165) is 0 Å². The van der Waals surface area contributed by atoms with Gasteiger partial charge in [0.15, 0.2) is 0 Å². The molecule has 1 aliphatic heterocycles. The fraction of sp³-hybridized carbons (Fsp3) is 0.800. The summed E-state index contributed by atoms with van der Waals surface area (Å²) in [4.78, 5) is 0. The molecule has 2 rings (SSSR count). The molecule has 0 aromatic carbocycles. The maximum atomic E-state index is 2.60. The summed E-state index contributed by atoms with van der Waals surface area (Å²) in [7, 11) is 0. The Kier molecular flexibility index (Phi) is 3.91. The zero-order valence-electron chi connectivity index (χ0n) is 7.61. The summed E-state index contributed by atoms with van der Waals surface area (Å²) in [5.74, 6) is 1.28. The molecular formula is C10H14I2S. The van der Waals surface area contributed by atoms with Gasteiger partial charge in [0.05, 0.1) is 0 Å². The lowest BCUT2D eigenvalue weighted by molar-refractivity contribution is 0.609. The molecule has 0 aromatic heterocycles. The fourth-order valence-corrected chi connectivity index (χ4v) is 6.24. The Hall–Kier alpha value is 1.55. The molecule has 3 heteroatoms. The summed E-state index contributed by atoms with van der Waals surface area (Å²) in [5, 5.41) is 0. The number of thioether (sulfide) groups is 1. The van der Waals surface area contributed by atoms with Crippen LogP contribution in [0.25, 0.3) is 0 Å². The van der Waals surface area contributed by atoms with Gasteiger partial charge < -0.3 is 0 Å². The molecule has 1 fully saturated rings. The first-order chi connectivity index (χ1) is 6.25. The van der Waals surface area contributed by atoms with Crippen molar-refractivity contribution in [2.24, 2.45) is 0 Å². The topological polar surface area (TPSA) is 0 Å². The van der Waals surface area contributed by atoms with E-state index in [9.17, 15) is 0 Å². The highest BCUT2D eigenvalue weighted by Gasteiger charge is 2.39. The second-order valence-corrected chi connectivity index (χ2v) is 7.66. The van der Waals surface area contributed by atoms with Gasteiger partial charge in [-0.05, 0) is 58.0 Å². The summed E-state index contributed by atoms with van der Waals surface area (Å²) in [6, 6.07) is 0. The lowest BCUT2D eigenvalue weighted by atomic mass is 9.99. The van der Waals surface area contributed by atoms with Crippen molar-refractivity contribution in [1.82, 2.24) is 0 Å². The van der Waals surface area contributed by atoms with Crippen LogP contribution in [-0.4, -0.2) is 10.5 Å². The fourth-order valence-electron chi connectivity index (χ4n) is 2.24. The third-order valence-corrected chi connectivity index (χ3v) is 9.14. The standard InChI is InChI=1S/C10H14I2S/c11-8-7-13-10(9(8)12)5-3-1-2-4-6-10/h1-7H2. The van der Waals surface area contributed by atoms with E-state index in [1.165, 1.54) is 44.3 Å². The third-order valence-electron chi connectivity index (χ3n) is 3.02. The second kappa shape index (κ2) is 4.60. The van der Waals surface area contributed by atoms with Crippen LogP contribution in [0.1, 0.15) is 38.5 Å². The Morgan fingerprint density at radius 3 is 2.08 bits per heavy atom. The van der Waals surface area contributed by atoms with Crippen LogP contribution in [0.3, 0.4) is 0 Å². The summed E-state index contributed by atoms with van der Waals surface area (Å²) in [6.07, 6.45) is 8.68. The van der Waals surface area contributed by atoms with Gasteiger partial charge in [-0.2, -0.15) is 0 Å². The van der Waals surface area contributed by atoms with Gasteiger partial charge in [-0.25, -0.2) is 0 Å². The summed E-state index contributed by atoms with van der Waals surface area (Å²) < 4.78 is 3.86. The van der Waals surface area contributed by atoms with Gasteiger partial charge in [0.1, 0.15) is 0 Å². The van der Waals surface area contributed by atoms with Crippen molar-refractivity contribution in [1.29, 1.82) is 0 Å². The van der Waals surface area contributed by atoms with E-state index in [2.05, 4.69) is 56.9 Å². The molecule has 1 aliphatic carbocycles. The summed E-state index contributed by atoms with van der Waals surface area (Å²) in [6.45, 7) is 0. The van der Waals surface area contributed by atoms with Crippen molar-refractivity contribution < 1.29 is 0 Å². The molecule has 1 spiro atoms. The molecular weight excluding hydrogens is 406 g/mol. The lowest BCUT2D eigenvalue weighted by Crippen LogP contribution is -2.21. The molecule has 0 aromatic rings. The van der Waals surface area contributed by atoms with Crippen molar-refractivity contribution in [3.05, 3.63) is 7.16 Å². The van der Waals surface area contributed by atoms with Crippen LogP contribution in [0.5, 0.6) is 0 Å². The van der Waals surface area contributed by atoms with Crippen LogP contribution < -0.4 is 0 Å². The van der Waals surface area contributed by atoms with Crippen molar-refractivity contribution in [2.75, 3.05) is 5.75 Å². The predicted octanol–water partition coefficient (Wildman–Crippen LogP) is 4.91. The van der Waals surface area contributed by atoms with Crippen LogP contribution in [0, 0.1) is 0 Å². The van der Waals surface area contributed by atoms with Crippen molar-refractivity contribution in [3.63, 3.8) is 0 Å². The van der Waals surface area contributed by atoms with Crippen LogP contribution in [0.15, 0.2) is 7.16 Å². The average Bonchev–Trinajstić information content (AvgIpc) is 2.38. The zero-order valence-corrected chi connectivity index (χ0v) is 12.7. The van der Waals surface area contributed by atoms with Gasteiger partial charge in [0.25, 0.3) is 0 Å². The van der Waals surface area contributed by atoms with E-state index in [4.69, 9.17) is 0 Å². The van der Waals surface area contributed by atoms with E-state index < -0.39 is 0 Å². The SMILES string of the molecule is IC1=C(I)C2(CCCCCC2)SC1. The highest BCUT2D eigenvalue weighted by Crippen LogP contribution is 2.54. The number of hydrogen-bond acceptors (Lipinski definition) is 1. The lowest BCUT2D eigenvalue weighted by Gasteiger charge is -2.27. The first-order valence-corrected chi connectivity index (χ1v) is 8.07. The normalized spacial score (nSPS) is 28.2. The summed E-state index contributed by atoms with van der Waals surface area (Å²) >= 11 is 7.34. The minimum Gasteiger partial charge on any atom is -0.145 e. The monoisotopic (exact) mass is 420 g/mol. The number of halogens is 2. The molecule has 74 valence electrons. The van der Waals surface area contributed by atoms with Gasteiger partial charge in [0, 0.05) is 17.7 Å². The molecule has 0 amide bonds. The first-order valence-electron chi connectivity index (χ1n) is 4.93. The van der Waals surface area contributed by atoms with Crippen molar-refractivity contribution in [2.45, 2.75) is 43.3 Å². The maximum absolute atomic E-state index is 2.60. The Morgan fingerprint density at radius 2 is 1.62 bits per heavy atom. The largest absolute Gasteiger partial charge is 0.145 e. The quantitative estimate of drug-likeness (QED) is 0.503. The first kappa shape index (κ1) is 11.0. The number of hydrogen-bond donors (Lipinski definition) is 0. The van der Waals surface area contributed by atoms with E-state index in [1.807, 2.05) is 0 Å². The maximum Gasteiger partial charge on any atom is 0.0476 e. The van der Waals surface area contributed by atoms with Crippen LogP contribution in [0.2, 0.25) is 0 Å². The molecule has 0 N–H and O–H groups in total. The summed E-state index contributed by atoms with van der Waals surface area (Å²) in [5.41, 5.74) is 0. The van der Waals surface area contributed by atoms with Gasteiger partial charge in [-0.1, -0.05) is 25.7 Å². The average molecular weight is 420 g/mol. The Balaban J connectivity index is 2.19. The Labute approximate surface area is 112 Å². The van der Waals surface area contributed by atoms with Crippen molar-refractivity contribution >= 4 is 56.9 Å². The molecule has 0 unspecified atom stereocenters. The highest BCUT2D eigenvalue weighted by atomic mass is 127. The Morgan fingerprint density at radius 1 is 1.00 bits per heavy atom. The second-order valence-electron chi connectivity index (χ2n) is 3.92. The van der Waals surface area contributed by atoms with E-state index in [-0.39, 0.29) is 0 Å². The molecule has 0 saturated heterocycles. The van der Waals surface area contributed by atoms with Crippen molar-refractivity contribution in [3.8, 4) is 0 Å². The molecule has 0 bridgehead atoms. The van der Waals surface area contributed by atoms with Gasteiger partial charge in [-0.3, -0.25) is 0 Å².